The number of esters is 1. The van der Waals surface area contributed by atoms with E-state index in [9.17, 15) is 22.4 Å². The van der Waals surface area contributed by atoms with Gasteiger partial charge in [-0.25, -0.2) is 17.6 Å². The highest BCUT2D eigenvalue weighted by atomic mass is 32.2. The predicted molar refractivity (Wildman–Crippen MR) is 135 cm³/mol. The van der Waals surface area contributed by atoms with E-state index in [0.29, 0.717) is 16.9 Å². The fourth-order valence-electron chi connectivity index (χ4n) is 3.50. The zero-order valence-corrected chi connectivity index (χ0v) is 21.0. The second-order valence-electron chi connectivity index (χ2n) is 7.59. The molecular weight excluding hydrogens is 505 g/mol. The lowest BCUT2D eigenvalue weighted by atomic mass is 10.2. The van der Waals surface area contributed by atoms with Gasteiger partial charge < -0.3 is 9.30 Å². The highest BCUT2D eigenvalue weighted by Gasteiger charge is 2.16. The Hall–Kier alpha value is -3.83. The Balaban J connectivity index is 1.65. The minimum Gasteiger partial charge on any atom is -0.462 e. The minimum atomic E-state index is -3.97. The maximum Gasteiger partial charge on any atom is 0.338 e. The molecule has 0 spiro atoms. The number of rotatable bonds is 7. The molecule has 0 radical (unpaired) electrons. The third-order valence-corrected chi connectivity index (χ3v) is 7.63. The van der Waals surface area contributed by atoms with E-state index in [1.165, 1.54) is 35.6 Å². The molecule has 0 aliphatic heterocycles. The van der Waals surface area contributed by atoms with E-state index in [2.05, 4.69) is 9.71 Å². The smallest absolute Gasteiger partial charge is 0.338 e. The number of aryl methyl sites for hydroxylation is 1. The van der Waals surface area contributed by atoms with Crippen LogP contribution in [0.3, 0.4) is 0 Å². The maximum absolute atomic E-state index is 13.1. The van der Waals surface area contributed by atoms with Gasteiger partial charge in [0, 0.05) is 17.8 Å². The van der Waals surface area contributed by atoms with Crippen molar-refractivity contribution in [3.8, 4) is 0 Å². The van der Waals surface area contributed by atoms with Crippen molar-refractivity contribution in [2.45, 2.75) is 25.3 Å². The van der Waals surface area contributed by atoms with E-state index in [1.807, 2.05) is 11.5 Å². The van der Waals surface area contributed by atoms with Crippen LogP contribution in [0.25, 0.3) is 10.2 Å². The molecule has 3 aromatic carbocycles. The maximum atomic E-state index is 13.1. The molecule has 0 atom stereocenters. The van der Waals surface area contributed by atoms with Gasteiger partial charge in [-0.2, -0.15) is 4.99 Å². The fourth-order valence-corrected chi connectivity index (χ4v) is 5.68. The molecule has 1 heterocycles. The number of anilines is 1. The second kappa shape index (κ2) is 10.4. The molecule has 0 unspecified atom stereocenters. The van der Waals surface area contributed by atoms with Gasteiger partial charge in [0.05, 0.1) is 27.3 Å². The van der Waals surface area contributed by atoms with Gasteiger partial charge in [0.1, 0.15) is 5.82 Å². The van der Waals surface area contributed by atoms with Crippen LogP contribution in [-0.4, -0.2) is 31.5 Å². The van der Waals surface area contributed by atoms with E-state index < -0.39 is 27.7 Å². The number of aromatic nitrogens is 1. The lowest BCUT2D eigenvalue weighted by Gasteiger charge is -2.08. The van der Waals surface area contributed by atoms with Gasteiger partial charge in [0.2, 0.25) is 0 Å². The number of ether oxygens (including phenoxy) is 1. The molecule has 4 aromatic rings. The monoisotopic (exact) mass is 527 g/mol. The molecule has 8 nitrogen and oxygen atoms in total. The summed E-state index contributed by atoms with van der Waals surface area (Å²) in [4.78, 5) is 29.7. The van der Waals surface area contributed by atoms with E-state index in [-0.39, 0.29) is 22.8 Å². The molecule has 186 valence electrons. The van der Waals surface area contributed by atoms with Crippen molar-refractivity contribution >= 4 is 49.1 Å². The summed E-state index contributed by atoms with van der Waals surface area (Å²) in [5.74, 6) is -1.53. The predicted octanol–water partition coefficient (Wildman–Crippen LogP) is 4.58. The number of thiazole rings is 1. The molecule has 0 fully saturated rings. The van der Waals surface area contributed by atoms with Crippen LogP contribution < -0.4 is 9.52 Å². The van der Waals surface area contributed by atoms with Crippen LogP contribution >= 0.6 is 11.3 Å². The lowest BCUT2D eigenvalue weighted by Crippen LogP contribution is -2.16. The Morgan fingerprint density at radius 2 is 1.78 bits per heavy atom. The normalized spacial score (nSPS) is 12.0. The largest absolute Gasteiger partial charge is 0.462 e. The zero-order valence-electron chi connectivity index (χ0n) is 19.4. The first-order chi connectivity index (χ1) is 17.2. The minimum absolute atomic E-state index is 0.109. The third-order valence-electron chi connectivity index (χ3n) is 5.19. The zero-order chi connectivity index (χ0) is 25.9. The van der Waals surface area contributed by atoms with E-state index in [1.54, 1.807) is 25.1 Å². The summed E-state index contributed by atoms with van der Waals surface area (Å²) in [6.07, 6.45) is 0. The Bertz CT molecular complexity index is 1620. The fraction of sp³-hybridized carbons (Fsp3) is 0.160. The molecule has 1 amide bonds. The van der Waals surface area contributed by atoms with Crippen molar-refractivity contribution in [2.24, 2.45) is 4.99 Å². The number of halogens is 1. The SMILES string of the molecule is CCOC(=O)c1ccc2c(c1)sc(=NC(=O)c1cccc(NS(=O)(=O)c3ccc(F)cc3)c1)n2CC. The molecule has 36 heavy (non-hydrogen) atoms. The van der Waals surface area contributed by atoms with Crippen LogP contribution in [0.15, 0.2) is 76.6 Å². The Morgan fingerprint density at radius 1 is 1.03 bits per heavy atom. The van der Waals surface area contributed by atoms with Crippen LogP contribution in [0.4, 0.5) is 10.1 Å². The molecule has 1 N–H and O–H groups in total. The molecule has 1 aromatic heterocycles. The number of nitrogens with one attached hydrogen (secondary N) is 1. The van der Waals surface area contributed by atoms with Crippen molar-refractivity contribution in [2.75, 3.05) is 11.3 Å². The second-order valence-corrected chi connectivity index (χ2v) is 10.3. The molecule has 0 bridgehead atoms. The molecule has 0 saturated heterocycles. The number of amides is 1. The molecule has 0 saturated carbocycles. The average Bonchev–Trinajstić information content (AvgIpc) is 3.20. The van der Waals surface area contributed by atoms with Crippen LogP contribution in [-0.2, 0) is 21.3 Å². The van der Waals surface area contributed by atoms with Gasteiger partial charge in [-0.05, 0) is 74.5 Å². The first kappa shape index (κ1) is 25.3. The number of sulfonamides is 1. The van der Waals surface area contributed by atoms with Gasteiger partial charge >= 0.3 is 5.97 Å². The van der Waals surface area contributed by atoms with Crippen molar-refractivity contribution in [1.82, 2.24) is 4.57 Å². The highest BCUT2D eigenvalue weighted by Crippen LogP contribution is 2.21. The lowest BCUT2D eigenvalue weighted by molar-refractivity contribution is 0.0526. The van der Waals surface area contributed by atoms with Crippen LogP contribution in [0.2, 0.25) is 0 Å². The standard InChI is InChI=1S/C25H22FN3O5S2/c1-3-29-21-13-8-17(24(31)34-4-2)15-22(21)35-25(29)27-23(30)16-6-5-7-19(14-16)28-36(32,33)20-11-9-18(26)10-12-20/h5-15,28H,3-4H2,1-2H3. The van der Waals surface area contributed by atoms with E-state index in [4.69, 9.17) is 4.74 Å². The number of hydrogen-bond acceptors (Lipinski definition) is 6. The summed E-state index contributed by atoms with van der Waals surface area (Å²) >= 11 is 1.26. The van der Waals surface area contributed by atoms with Crippen molar-refractivity contribution in [1.29, 1.82) is 0 Å². The van der Waals surface area contributed by atoms with Gasteiger partial charge in [-0.1, -0.05) is 17.4 Å². The summed E-state index contributed by atoms with van der Waals surface area (Å²) in [6.45, 7) is 4.46. The van der Waals surface area contributed by atoms with Gasteiger partial charge in [-0.15, -0.1) is 0 Å². The van der Waals surface area contributed by atoms with E-state index in [0.717, 1.165) is 34.5 Å². The molecular formula is C25H22FN3O5S2. The number of carbonyl (C=O) groups is 2. The Morgan fingerprint density at radius 3 is 2.47 bits per heavy atom. The first-order valence-corrected chi connectivity index (χ1v) is 13.3. The molecule has 0 aliphatic carbocycles. The van der Waals surface area contributed by atoms with Crippen molar-refractivity contribution < 1.29 is 27.1 Å². The molecule has 11 heteroatoms. The summed E-state index contributed by atoms with van der Waals surface area (Å²) in [7, 11) is -3.97. The van der Waals surface area contributed by atoms with Crippen molar-refractivity contribution in [3.05, 3.63) is 88.5 Å². The highest BCUT2D eigenvalue weighted by molar-refractivity contribution is 7.92. The number of fused-ring (bicyclic) bond motifs is 1. The Labute approximate surface area is 210 Å². The van der Waals surface area contributed by atoms with Gasteiger partial charge in [0.25, 0.3) is 15.9 Å². The summed E-state index contributed by atoms with van der Waals surface area (Å²) in [5.41, 5.74) is 1.58. The summed E-state index contributed by atoms with van der Waals surface area (Å²) in [5, 5.41) is 0. The van der Waals surface area contributed by atoms with Crippen molar-refractivity contribution in [3.63, 3.8) is 0 Å². The Kier molecular flexibility index (Phi) is 7.32. The number of nitrogens with zero attached hydrogens (tertiary/aromatic N) is 2. The van der Waals surface area contributed by atoms with E-state index >= 15 is 0 Å². The number of hydrogen-bond donors (Lipinski definition) is 1. The molecule has 4 rings (SSSR count). The number of benzene rings is 3. The average molecular weight is 528 g/mol. The van der Waals surface area contributed by atoms with Crippen LogP contribution in [0, 0.1) is 5.82 Å². The quantitative estimate of drug-likeness (QED) is 0.354. The van der Waals surface area contributed by atoms with Crippen LogP contribution in [0.5, 0.6) is 0 Å². The summed E-state index contributed by atoms with van der Waals surface area (Å²) < 4.78 is 48.4. The topological polar surface area (TPSA) is 107 Å². The molecule has 0 aliphatic rings. The van der Waals surface area contributed by atoms with Gasteiger partial charge in [-0.3, -0.25) is 9.52 Å². The third kappa shape index (κ3) is 5.37. The van der Waals surface area contributed by atoms with Crippen LogP contribution in [0.1, 0.15) is 34.6 Å². The summed E-state index contributed by atoms with van der Waals surface area (Å²) in [6, 6.07) is 15.5. The number of carbonyl (C=O) groups excluding carboxylic acids is 2. The van der Waals surface area contributed by atoms with Gasteiger partial charge in [0.15, 0.2) is 4.80 Å². The first-order valence-electron chi connectivity index (χ1n) is 11.0.